The van der Waals surface area contributed by atoms with Gasteiger partial charge in [0.1, 0.15) is 5.75 Å². The predicted molar refractivity (Wildman–Crippen MR) is 86.1 cm³/mol. The lowest BCUT2D eigenvalue weighted by Gasteiger charge is -2.23. The molecule has 1 aromatic heterocycles. The minimum atomic E-state index is 0.183. The lowest BCUT2D eigenvalue weighted by atomic mass is 9.82. The van der Waals surface area contributed by atoms with Crippen LogP contribution in [0.1, 0.15) is 38.3 Å². The van der Waals surface area contributed by atoms with E-state index in [-0.39, 0.29) is 5.41 Å². The van der Waals surface area contributed by atoms with Crippen molar-refractivity contribution in [1.82, 2.24) is 9.97 Å². The molecule has 0 aliphatic carbocycles. The summed E-state index contributed by atoms with van der Waals surface area (Å²) >= 11 is 0. The molecule has 0 aliphatic heterocycles. The molecule has 21 heavy (non-hydrogen) atoms. The Morgan fingerprint density at radius 1 is 1.19 bits per heavy atom. The summed E-state index contributed by atoms with van der Waals surface area (Å²) in [5.41, 5.74) is 2.41. The van der Waals surface area contributed by atoms with Crippen LogP contribution >= 0.6 is 0 Å². The Balaban J connectivity index is 2.21. The van der Waals surface area contributed by atoms with Gasteiger partial charge in [-0.15, -0.1) is 0 Å². The summed E-state index contributed by atoms with van der Waals surface area (Å²) in [5.74, 6) is 1.92. The molecule has 0 aliphatic rings. The normalized spacial score (nSPS) is 11.3. The Labute approximate surface area is 126 Å². The largest absolute Gasteiger partial charge is 0.439 e. The molecule has 0 bridgehead atoms. The monoisotopic (exact) mass is 285 g/mol. The van der Waals surface area contributed by atoms with E-state index in [0.29, 0.717) is 11.8 Å². The SMILES string of the molecule is CCC(C)(C)c1ccc(Oc2nc(NC)ncc2C)cc1. The fourth-order valence-corrected chi connectivity index (χ4v) is 1.94. The van der Waals surface area contributed by atoms with Crippen molar-refractivity contribution in [2.24, 2.45) is 0 Å². The molecule has 4 heteroatoms. The molecule has 0 unspecified atom stereocenters. The minimum absolute atomic E-state index is 0.183. The molecule has 2 aromatic rings. The summed E-state index contributed by atoms with van der Waals surface area (Å²) in [6.45, 7) is 8.63. The predicted octanol–water partition coefficient (Wildman–Crippen LogP) is 4.31. The second-order valence-corrected chi connectivity index (χ2v) is 5.80. The third-order valence-electron chi connectivity index (χ3n) is 3.88. The number of aromatic nitrogens is 2. The van der Waals surface area contributed by atoms with E-state index in [1.807, 2.05) is 19.1 Å². The van der Waals surface area contributed by atoms with E-state index in [4.69, 9.17) is 4.74 Å². The molecule has 112 valence electrons. The van der Waals surface area contributed by atoms with Gasteiger partial charge in [0.25, 0.3) is 0 Å². The lowest BCUT2D eigenvalue weighted by molar-refractivity contribution is 0.456. The zero-order valence-electron chi connectivity index (χ0n) is 13.4. The van der Waals surface area contributed by atoms with Gasteiger partial charge in [-0.3, -0.25) is 0 Å². The van der Waals surface area contributed by atoms with Crippen molar-refractivity contribution in [2.45, 2.75) is 39.5 Å². The van der Waals surface area contributed by atoms with Gasteiger partial charge < -0.3 is 10.1 Å². The summed E-state index contributed by atoms with van der Waals surface area (Å²) < 4.78 is 5.86. The van der Waals surface area contributed by atoms with Gasteiger partial charge >= 0.3 is 0 Å². The highest BCUT2D eigenvalue weighted by Crippen LogP contribution is 2.29. The quantitative estimate of drug-likeness (QED) is 0.889. The molecular formula is C17H23N3O. The number of nitrogens with zero attached hydrogens (tertiary/aromatic N) is 2. The molecule has 1 N–H and O–H groups in total. The van der Waals surface area contributed by atoms with Crippen LogP contribution in [0.3, 0.4) is 0 Å². The van der Waals surface area contributed by atoms with Crippen LogP contribution in [0, 0.1) is 6.92 Å². The number of rotatable bonds is 5. The zero-order valence-corrected chi connectivity index (χ0v) is 13.4. The average molecular weight is 285 g/mol. The highest BCUT2D eigenvalue weighted by Gasteiger charge is 2.17. The third kappa shape index (κ3) is 3.51. The van der Waals surface area contributed by atoms with Crippen molar-refractivity contribution in [3.05, 3.63) is 41.6 Å². The highest BCUT2D eigenvalue weighted by atomic mass is 16.5. The highest BCUT2D eigenvalue weighted by molar-refractivity contribution is 5.37. The molecule has 0 atom stereocenters. The maximum absolute atomic E-state index is 5.86. The Hall–Kier alpha value is -2.10. The Bertz CT molecular complexity index is 606. The summed E-state index contributed by atoms with van der Waals surface area (Å²) in [4.78, 5) is 8.48. The summed E-state index contributed by atoms with van der Waals surface area (Å²) in [6, 6.07) is 8.23. The number of hydrogen-bond acceptors (Lipinski definition) is 4. The third-order valence-corrected chi connectivity index (χ3v) is 3.88. The van der Waals surface area contributed by atoms with Gasteiger partial charge in [0.15, 0.2) is 0 Å². The number of hydrogen-bond donors (Lipinski definition) is 1. The molecule has 0 radical (unpaired) electrons. The number of aryl methyl sites for hydroxylation is 1. The van der Waals surface area contributed by atoms with Crippen molar-refractivity contribution in [1.29, 1.82) is 0 Å². The minimum Gasteiger partial charge on any atom is -0.439 e. The first-order valence-electron chi connectivity index (χ1n) is 7.26. The molecule has 0 saturated heterocycles. The molecule has 1 heterocycles. The van der Waals surface area contributed by atoms with Gasteiger partial charge in [-0.2, -0.15) is 4.98 Å². The molecule has 2 rings (SSSR count). The van der Waals surface area contributed by atoms with Gasteiger partial charge in [-0.25, -0.2) is 4.98 Å². The maximum Gasteiger partial charge on any atom is 0.226 e. The lowest BCUT2D eigenvalue weighted by Crippen LogP contribution is -2.14. The topological polar surface area (TPSA) is 47.0 Å². The smallest absolute Gasteiger partial charge is 0.226 e. The van der Waals surface area contributed by atoms with E-state index in [9.17, 15) is 0 Å². The summed E-state index contributed by atoms with van der Waals surface area (Å²) in [6.07, 6.45) is 2.85. The zero-order chi connectivity index (χ0) is 15.5. The van der Waals surface area contributed by atoms with E-state index in [2.05, 4.69) is 48.2 Å². The summed E-state index contributed by atoms with van der Waals surface area (Å²) in [5, 5.41) is 2.91. The fourth-order valence-electron chi connectivity index (χ4n) is 1.94. The van der Waals surface area contributed by atoms with E-state index >= 15 is 0 Å². The number of ether oxygens (including phenoxy) is 1. The second-order valence-electron chi connectivity index (χ2n) is 5.80. The van der Waals surface area contributed by atoms with E-state index in [1.165, 1.54) is 5.56 Å². The standard InChI is InChI=1S/C17H23N3O/c1-6-17(3,4)13-7-9-14(10-8-13)21-15-12(2)11-19-16(18-5)20-15/h7-11H,6H2,1-5H3,(H,18,19,20). The van der Waals surface area contributed by atoms with Gasteiger partial charge in [-0.05, 0) is 36.5 Å². The maximum atomic E-state index is 5.86. The van der Waals surface area contributed by atoms with Crippen LogP contribution in [0.4, 0.5) is 5.95 Å². The molecule has 0 spiro atoms. The number of anilines is 1. The molecule has 0 fully saturated rings. The second kappa shape index (κ2) is 6.12. The number of nitrogens with one attached hydrogen (secondary N) is 1. The van der Waals surface area contributed by atoms with Gasteiger partial charge in [0, 0.05) is 18.8 Å². The van der Waals surface area contributed by atoms with Crippen molar-refractivity contribution in [3.63, 3.8) is 0 Å². The van der Waals surface area contributed by atoms with Crippen LogP contribution < -0.4 is 10.1 Å². The Morgan fingerprint density at radius 2 is 1.86 bits per heavy atom. The van der Waals surface area contributed by atoms with Crippen LogP contribution in [-0.4, -0.2) is 17.0 Å². The Morgan fingerprint density at radius 3 is 2.43 bits per heavy atom. The van der Waals surface area contributed by atoms with Crippen LogP contribution in [-0.2, 0) is 5.41 Å². The van der Waals surface area contributed by atoms with Gasteiger partial charge in [0.2, 0.25) is 11.8 Å². The van der Waals surface area contributed by atoms with Gasteiger partial charge in [0.05, 0.1) is 0 Å². The van der Waals surface area contributed by atoms with E-state index in [1.54, 1.807) is 13.2 Å². The molecule has 1 aromatic carbocycles. The van der Waals surface area contributed by atoms with Crippen molar-refractivity contribution >= 4 is 5.95 Å². The van der Waals surface area contributed by atoms with Crippen molar-refractivity contribution in [3.8, 4) is 11.6 Å². The van der Waals surface area contributed by atoms with Crippen LogP contribution in [0.15, 0.2) is 30.5 Å². The molecule has 0 amide bonds. The van der Waals surface area contributed by atoms with Crippen molar-refractivity contribution < 1.29 is 4.74 Å². The van der Waals surface area contributed by atoms with E-state index < -0.39 is 0 Å². The average Bonchev–Trinajstić information content (AvgIpc) is 2.50. The molecule has 4 nitrogen and oxygen atoms in total. The first-order chi connectivity index (χ1) is 9.96. The fraction of sp³-hybridized carbons (Fsp3) is 0.412. The van der Waals surface area contributed by atoms with Gasteiger partial charge in [-0.1, -0.05) is 32.9 Å². The van der Waals surface area contributed by atoms with Crippen molar-refractivity contribution in [2.75, 3.05) is 12.4 Å². The first kappa shape index (κ1) is 15.3. The summed E-state index contributed by atoms with van der Waals surface area (Å²) in [7, 11) is 1.79. The van der Waals surface area contributed by atoms with Crippen LogP contribution in [0.25, 0.3) is 0 Å². The first-order valence-corrected chi connectivity index (χ1v) is 7.26. The molecular weight excluding hydrogens is 262 g/mol. The Kier molecular flexibility index (Phi) is 4.46. The number of benzene rings is 1. The van der Waals surface area contributed by atoms with Crippen LogP contribution in [0.5, 0.6) is 11.6 Å². The van der Waals surface area contributed by atoms with Crippen LogP contribution in [0.2, 0.25) is 0 Å². The molecule has 0 saturated carbocycles. The van der Waals surface area contributed by atoms with E-state index in [0.717, 1.165) is 17.7 Å².